The van der Waals surface area contributed by atoms with E-state index in [0.717, 1.165) is 16.0 Å². The Hall–Kier alpha value is -2.14. The van der Waals surface area contributed by atoms with Gasteiger partial charge in [0.2, 0.25) is 5.91 Å². The summed E-state index contributed by atoms with van der Waals surface area (Å²) in [5, 5.41) is 11.4. The number of benzene rings is 1. The predicted molar refractivity (Wildman–Crippen MR) is 84.9 cm³/mol. The van der Waals surface area contributed by atoms with Crippen molar-refractivity contribution in [3.63, 3.8) is 0 Å². The van der Waals surface area contributed by atoms with E-state index in [1.165, 1.54) is 16.2 Å². The van der Waals surface area contributed by atoms with Crippen LogP contribution in [-0.4, -0.2) is 27.9 Å². The molecule has 1 aromatic heterocycles. The van der Waals surface area contributed by atoms with Crippen molar-refractivity contribution >= 4 is 23.2 Å². The number of carboxylic acids is 1. The third-order valence-electron chi connectivity index (χ3n) is 4.16. The number of aliphatic carboxylic acids is 1. The van der Waals surface area contributed by atoms with Crippen LogP contribution in [0.5, 0.6) is 0 Å². The molecule has 0 aliphatic carbocycles. The third kappa shape index (κ3) is 2.64. The second kappa shape index (κ2) is 5.93. The Morgan fingerprint density at radius 2 is 1.95 bits per heavy atom. The van der Waals surface area contributed by atoms with Crippen molar-refractivity contribution in [2.75, 3.05) is 0 Å². The highest BCUT2D eigenvalue weighted by atomic mass is 32.1. The van der Waals surface area contributed by atoms with E-state index in [2.05, 4.69) is 0 Å². The van der Waals surface area contributed by atoms with Crippen molar-refractivity contribution in [3.8, 4) is 0 Å². The van der Waals surface area contributed by atoms with Crippen LogP contribution in [0.4, 0.5) is 0 Å². The molecule has 0 saturated heterocycles. The van der Waals surface area contributed by atoms with Crippen molar-refractivity contribution < 1.29 is 14.7 Å². The summed E-state index contributed by atoms with van der Waals surface area (Å²) in [5.41, 5.74) is 2.05. The Bertz CT molecular complexity index is 696. The Morgan fingerprint density at radius 3 is 2.59 bits per heavy atom. The number of hydrogen-bond donors (Lipinski definition) is 1. The lowest BCUT2D eigenvalue weighted by molar-refractivity contribution is -0.151. The van der Waals surface area contributed by atoms with Gasteiger partial charge in [0, 0.05) is 17.8 Å². The molecule has 114 valence electrons. The molecule has 1 aromatic carbocycles. The van der Waals surface area contributed by atoms with E-state index in [1.807, 2.05) is 48.7 Å². The molecular weight excluding hydrogens is 298 g/mol. The number of carboxylic acid groups (broad SMARTS) is 1. The number of carbonyl (C=O) groups excluding carboxylic acids is 1. The lowest BCUT2D eigenvalue weighted by Gasteiger charge is -2.35. The van der Waals surface area contributed by atoms with Crippen LogP contribution in [0.15, 0.2) is 41.8 Å². The van der Waals surface area contributed by atoms with Gasteiger partial charge in [-0.3, -0.25) is 4.79 Å². The summed E-state index contributed by atoms with van der Waals surface area (Å²) in [7, 11) is 0. The van der Waals surface area contributed by atoms with Gasteiger partial charge in [0.25, 0.3) is 0 Å². The van der Waals surface area contributed by atoms with Gasteiger partial charge < -0.3 is 10.0 Å². The van der Waals surface area contributed by atoms with Crippen molar-refractivity contribution in [3.05, 3.63) is 57.8 Å². The molecule has 0 saturated carbocycles. The topological polar surface area (TPSA) is 57.6 Å². The molecule has 4 nitrogen and oxygen atoms in total. The summed E-state index contributed by atoms with van der Waals surface area (Å²) in [6.45, 7) is 2.20. The summed E-state index contributed by atoms with van der Waals surface area (Å²) in [5.74, 6) is -1.38. The van der Waals surface area contributed by atoms with Gasteiger partial charge >= 0.3 is 5.97 Å². The van der Waals surface area contributed by atoms with Crippen molar-refractivity contribution in [2.45, 2.75) is 31.8 Å². The maximum Gasteiger partial charge on any atom is 0.326 e. The van der Waals surface area contributed by atoms with Crippen molar-refractivity contribution in [1.82, 2.24) is 4.90 Å². The van der Waals surface area contributed by atoms with Gasteiger partial charge in [-0.1, -0.05) is 30.3 Å². The second-order valence-electron chi connectivity index (χ2n) is 5.53. The summed E-state index contributed by atoms with van der Waals surface area (Å²) in [6.07, 6.45) is 0.369. The Labute approximate surface area is 133 Å². The smallest absolute Gasteiger partial charge is 0.326 e. The van der Waals surface area contributed by atoms with Gasteiger partial charge in [0.15, 0.2) is 0 Å². The van der Waals surface area contributed by atoms with Gasteiger partial charge in [0.05, 0.1) is 5.92 Å². The highest BCUT2D eigenvalue weighted by Crippen LogP contribution is 2.29. The zero-order valence-electron chi connectivity index (χ0n) is 12.2. The molecular formula is C17H17NO3S. The van der Waals surface area contributed by atoms with Crippen LogP contribution in [0.25, 0.3) is 0 Å². The normalized spacial score (nSPS) is 18.6. The fourth-order valence-electron chi connectivity index (χ4n) is 2.88. The van der Waals surface area contributed by atoms with Crippen LogP contribution in [0.3, 0.4) is 0 Å². The Balaban J connectivity index is 1.90. The fourth-order valence-corrected chi connectivity index (χ4v) is 3.66. The average molecular weight is 315 g/mol. The van der Waals surface area contributed by atoms with E-state index < -0.39 is 12.0 Å². The van der Waals surface area contributed by atoms with Gasteiger partial charge in [-0.05, 0) is 29.5 Å². The van der Waals surface area contributed by atoms with E-state index >= 15 is 0 Å². The third-order valence-corrected chi connectivity index (χ3v) is 5.21. The van der Waals surface area contributed by atoms with Crippen molar-refractivity contribution in [1.29, 1.82) is 0 Å². The maximum absolute atomic E-state index is 12.8. The molecule has 22 heavy (non-hydrogen) atoms. The van der Waals surface area contributed by atoms with Crippen LogP contribution >= 0.6 is 11.3 Å². The predicted octanol–water partition coefficient (Wildman–Crippen LogP) is 2.89. The highest BCUT2D eigenvalue weighted by molar-refractivity contribution is 7.10. The molecule has 1 aliphatic rings. The van der Waals surface area contributed by atoms with Crippen LogP contribution in [0.2, 0.25) is 0 Å². The molecule has 2 heterocycles. The summed E-state index contributed by atoms with van der Waals surface area (Å²) >= 11 is 1.52. The standard InChI is InChI=1S/C17H17NO3S/c1-11(15-7-4-8-22-15)16(19)18-10-13-6-3-2-5-12(13)9-14(18)17(20)21/h2-8,11,14H,9-10H2,1H3,(H,20,21)/t11-,14-/m0/s1. The molecule has 1 N–H and O–H groups in total. The minimum Gasteiger partial charge on any atom is -0.480 e. The molecule has 0 radical (unpaired) electrons. The minimum atomic E-state index is -0.943. The zero-order valence-corrected chi connectivity index (χ0v) is 13.0. The maximum atomic E-state index is 12.8. The number of amides is 1. The number of rotatable bonds is 3. The van der Waals surface area contributed by atoms with Crippen molar-refractivity contribution in [2.24, 2.45) is 0 Å². The van der Waals surface area contributed by atoms with E-state index in [9.17, 15) is 14.7 Å². The summed E-state index contributed by atoms with van der Waals surface area (Å²) < 4.78 is 0. The second-order valence-corrected chi connectivity index (χ2v) is 6.51. The zero-order chi connectivity index (χ0) is 15.7. The fraction of sp³-hybridized carbons (Fsp3) is 0.294. The number of nitrogens with zero attached hydrogens (tertiary/aromatic N) is 1. The number of fused-ring (bicyclic) bond motifs is 1. The molecule has 5 heteroatoms. The van der Waals surface area contributed by atoms with Crippen LogP contribution in [0, 0.1) is 0 Å². The lowest BCUT2D eigenvalue weighted by atomic mass is 9.92. The molecule has 0 unspecified atom stereocenters. The molecule has 0 spiro atoms. The lowest BCUT2D eigenvalue weighted by Crippen LogP contribution is -2.49. The molecule has 1 aliphatic heterocycles. The first-order valence-corrected chi connectivity index (χ1v) is 8.09. The molecule has 0 fully saturated rings. The minimum absolute atomic E-state index is 0.121. The van der Waals surface area contributed by atoms with Gasteiger partial charge in [-0.25, -0.2) is 4.79 Å². The number of hydrogen-bond acceptors (Lipinski definition) is 3. The average Bonchev–Trinajstić information content (AvgIpc) is 3.06. The SMILES string of the molecule is C[C@H](C(=O)N1Cc2ccccc2C[C@H]1C(=O)O)c1cccs1. The van der Waals surface area contributed by atoms with E-state index in [-0.39, 0.29) is 11.8 Å². The van der Waals surface area contributed by atoms with E-state index in [4.69, 9.17) is 0 Å². The molecule has 2 atom stereocenters. The summed E-state index contributed by atoms with van der Waals surface area (Å²) in [6, 6.07) is 10.8. The van der Waals surface area contributed by atoms with Gasteiger partial charge in [-0.2, -0.15) is 0 Å². The first-order chi connectivity index (χ1) is 10.6. The highest BCUT2D eigenvalue weighted by Gasteiger charge is 2.36. The first-order valence-electron chi connectivity index (χ1n) is 7.21. The Morgan fingerprint density at radius 1 is 1.23 bits per heavy atom. The van der Waals surface area contributed by atoms with Gasteiger partial charge in [-0.15, -0.1) is 11.3 Å². The largest absolute Gasteiger partial charge is 0.480 e. The van der Waals surface area contributed by atoms with E-state index in [1.54, 1.807) is 0 Å². The van der Waals surface area contributed by atoms with Crippen LogP contribution < -0.4 is 0 Å². The van der Waals surface area contributed by atoms with Gasteiger partial charge in [0.1, 0.15) is 6.04 Å². The molecule has 3 rings (SSSR count). The van der Waals surface area contributed by atoms with Crippen LogP contribution in [-0.2, 0) is 22.6 Å². The first kappa shape index (κ1) is 14.8. The quantitative estimate of drug-likeness (QED) is 0.947. The molecule has 1 amide bonds. The van der Waals surface area contributed by atoms with Crippen LogP contribution in [0.1, 0.15) is 28.8 Å². The monoisotopic (exact) mass is 315 g/mol. The number of carbonyl (C=O) groups is 2. The molecule has 0 bridgehead atoms. The van der Waals surface area contributed by atoms with E-state index in [0.29, 0.717) is 13.0 Å². The summed E-state index contributed by atoms with van der Waals surface area (Å²) in [4.78, 5) is 26.9. The molecule has 2 aromatic rings. The Kier molecular flexibility index (Phi) is 3.98. The number of thiophene rings is 1.